The Morgan fingerprint density at radius 1 is 1.07 bits per heavy atom. The van der Waals surface area contributed by atoms with Crippen LogP contribution in [0.4, 0.5) is 5.69 Å². The summed E-state index contributed by atoms with van der Waals surface area (Å²) in [5.74, 6) is 0.260. The Hall–Kier alpha value is -2.34. The third-order valence-electron chi connectivity index (χ3n) is 3.88. The van der Waals surface area contributed by atoms with Gasteiger partial charge in [-0.25, -0.2) is 0 Å². The Kier molecular flexibility index (Phi) is 6.50. The number of hydrogen-bond acceptors (Lipinski definition) is 3. The second-order valence-corrected chi connectivity index (χ2v) is 7.19. The highest BCUT2D eigenvalue weighted by Gasteiger charge is 2.17. The Balaban J connectivity index is 1.72. The number of carbonyl (C=O) groups excluding carboxylic acids is 1. The molecule has 0 aliphatic rings. The summed E-state index contributed by atoms with van der Waals surface area (Å²) in [6.45, 7) is -0.148. The molecule has 0 heterocycles. The summed E-state index contributed by atoms with van der Waals surface area (Å²) in [4.78, 5) is 12.3. The van der Waals surface area contributed by atoms with Crippen molar-refractivity contribution in [3.8, 4) is 5.75 Å². The lowest BCUT2D eigenvalue weighted by Gasteiger charge is -2.17. The van der Waals surface area contributed by atoms with Gasteiger partial charge in [0.15, 0.2) is 6.61 Å². The zero-order chi connectivity index (χ0) is 19.2. The maximum Gasteiger partial charge on any atom is 0.262 e. The van der Waals surface area contributed by atoms with Crippen molar-refractivity contribution in [1.29, 1.82) is 0 Å². The van der Waals surface area contributed by atoms with Crippen LogP contribution in [0.1, 0.15) is 17.2 Å². The second-order valence-electron chi connectivity index (χ2n) is 5.84. The number of halogens is 2. The number of benzene rings is 3. The minimum Gasteiger partial charge on any atom is -0.484 e. The number of anilines is 1. The molecule has 0 aliphatic heterocycles. The van der Waals surface area contributed by atoms with Crippen molar-refractivity contribution in [2.45, 2.75) is 6.10 Å². The summed E-state index contributed by atoms with van der Waals surface area (Å²) in [5.41, 5.74) is 1.72. The van der Waals surface area contributed by atoms with E-state index in [1.165, 1.54) is 0 Å². The van der Waals surface area contributed by atoms with Gasteiger partial charge in [0.05, 0.1) is 0 Å². The molecule has 0 saturated heterocycles. The molecule has 2 N–H and O–H groups in total. The van der Waals surface area contributed by atoms with Gasteiger partial charge in [0.25, 0.3) is 5.91 Å². The summed E-state index contributed by atoms with van der Waals surface area (Å²) in [6.07, 6.45) is -0.910. The summed E-state index contributed by atoms with van der Waals surface area (Å²) < 4.78 is 6.41. The normalized spacial score (nSPS) is 11.7. The molecule has 1 unspecified atom stereocenters. The quantitative estimate of drug-likeness (QED) is 0.547. The highest BCUT2D eigenvalue weighted by molar-refractivity contribution is 9.10. The van der Waals surface area contributed by atoms with E-state index in [4.69, 9.17) is 16.3 Å². The van der Waals surface area contributed by atoms with Gasteiger partial charge in [-0.05, 0) is 48.0 Å². The molecule has 1 atom stereocenters. The third kappa shape index (κ3) is 5.32. The topological polar surface area (TPSA) is 58.6 Å². The summed E-state index contributed by atoms with van der Waals surface area (Å²) in [7, 11) is 0. The van der Waals surface area contributed by atoms with Crippen molar-refractivity contribution in [1.82, 2.24) is 0 Å². The van der Waals surface area contributed by atoms with Crippen molar-refractivity contribution in [2.24, 2.45) is 0 Å². The molecule has 6 heteroatoms. The minimum atomic E-state index is -0.910. The van der Waals surface area contributed by atoms with E-state index >= 15 is 0 Å². The highest BCUT2D eigenvalue weighted by atomic mass is 79.9. The van der Waals surface area contributed by atoms with E-state index in [0.717, 1.165) is 4.47 Å². The average Bonchev–Trinajstić information content (AvgIpc) is 2.69. The molecular weight excluding hydrogens is 430 g/mol. The van der Waals surface area contributed by atoms with Crippen LogP contribution < -0.4 is 10.1 Å². The number of hydrogen-bond donors (Lipinski definition) is 2. The van der Waals surface area contributed by atoms with Gasteiger partial charge >= 0.3 is 0 Å². The van der Waals surface area contributed by atoms with Crippen LogP contribution in [-0.4, -0.2) is 17.6 Å². The van der Waals surface area contributed by atoms with Crippen LogP contribution in [0, 0.1) is 0 Å². The van der Waals surface area contributed by atoms with Gasteiger partial charge in [-0.1, -0.05) is 57.9 Å². The van der Waals surface area contributed by atoms with Gasteiger partial charge in [0.1, 0.15) is 11.9 Å². The smallest absolute Gasteiger partial charge is 0.262 e. The first kappa shape index (κ1) is 19.4. The van der Waals surface area contributed by atoms with Gasteiger partial charge < -0.3 is 15.2 Å². The van der Waals surface area contributed by atoms with Crippen LogP contribution in [0.2, 0.25) is 5.02 Å². The predicted octanol–water partition coefficient (Wildman–Crippen LogP) is 5.20. The number of ether oxygens (including phenoxy) is 1. The highest BCUT2D eigenvalue weighted by Crippen LogP contribution is 2.31. The Labute approximate surface area is 170 Å². The minimum absolute atomic E-state index is 0.148. The molecular formula is C21H17BrClNO3. The average molecular weight is 447 g/mol. The number of nitrogens with one attached hydrogen (secondary N) is 1. The molecule has 0 aliphatic carbocycles. The van der Waals surface area contributed by atoms with Crippen LogP contribution in [0.15, 0.2) is 77.3 Å². The van der Waals surface area contributed by atoms with Crippen LogP contribution >= 0.6 is 27.5 Å². The number of carbonyl (C=O) groups is 1. The lowest BCUT2D eigenvalue weighted by molar-refractivity contribution is -0.118. The SMILES string of the molecule is O=C(COc1ccc(Br)cc1)Nc1ccc(Cl)cc1C(O)c1ccccc1. The monoisotopic (exact) mass is 445 g/mol. The Morgan fingerprint density at radius 2 is 1.78 bits per heavy atom. The molecule has 138 valence electrons. The molecule has 3 rings (SSSR count). The molecule has 0 radical (unpaired) electrons. The van der Waals surface area contributed by atoms with E-state index < -0.39 is 6.10 Å². The largest absolute Gasteiger partial charge is 0.484 e. The van der Waals surface area contributed by atoms with E-state index in [0.29, 0.717) is 27.6 Å². The van der Waals surface area contributed by atoms with Gasteiger partial charge in [-0.3, -0.25) is 4.79 Å². The van der Waals surface area contributed by atoms with Crippen LogP contribution in [-0.2, 0) is 4.79 Å². The molecule has 0 fully saturated rings. The third-order valence-corrected chi connectivity index (χ3v) is 4.64. The molecule has 1 amide bonds. The first-order valence-electron chi connectivity index (χ1n) is 8.23. The number of aliphatic hydroxyl groups excluding tert-OH is 1. The van der Waals surface area contributed by atoms with Gasteiger partial charge in [0, 0.05) is 20.7 Å². The van der Waals surface area contributed by atoms with Gasteiger partial charge in [-0.2, -0.15) is 0 Å². The maximum absolute atomic E-state index is 12.3. The summed E-state index contributed by atoms with van der Waals surface area (Å²) in [6, 6.07) is 21.4. The lowest BCUT2D eigenvalue weighted by Crippen LogP contribution is -2.21. The van der Waals surface area contributed by atoms with Gasteiger partial charge in [-0.15, -0.1) is 0 Å². The summed E-state index contributed by atoms with van der Waals surface area (Å²) >= 11 is 9.43. The van der Waals surface area contributed by atoms with Crippen LogP contribution in [0.5, 0.6) is 5.75 Å². The van der Waals surface area contributed by atoms with Crippen molar-refractivity contribution in [3.63, 3.8) is 0 Å². The van der Waals surface area contributed by atoms with Crippen LogP contribution in [0.25, 0.3) is 0 Å². The molecule has 0 aromatic heterocycles. The molecule has 0 spiro atoms. The van der Waals surface area contributed by atoms with Crippen molar-refractivity contribution >= 4 is 39.1 Å². The first-order valence-corrected chi connectivity index (χ1v) is 9.41. The van der Waals surface area contributed by atoms with E-state index in [1.807, 2.05) is 42.5 Å². The standard InChI is InChI=1S/C21H17BrClNO3/c22-15-6-9-17(10-7-15)27-13-20(25)24-19-11-8-16(23)12-18(19)21(26)14-4-2-1-3-5-14/h1-12,21,26H,13H2,(H,24,25). The molecule has 3 aromatic rings. The first-order chi connectivity index (χ1) is 13.0. The maximum atomic E-state index is 12.3. The van der Waals surface area contributed by atoms with Gasteiger partial charge in [0.2, 0.25) is 0 Å². The predicted molar refractivity (Wildman–Crippen MR) is 110 cm³/mol. The van der Waals surface area contributed by atoms with E-state index in [2.05, 4.69) is 21.2 Å². The second kappa shape index (κ2) is 9.04. The van der Waals surface area contributed by atoms with Crippen molar-refractivity contribution in [3.05, 3.63) is 93.4 Å². The molecule has 27 heavy (non-hydrogen) atoms. The number of rotatable bonds is 6. The van der Waals surface area contributed by atoms with Crippen molar-refractivity contribution < 1.29 is 14.6 Å². The number of aliphatic hydroxyl groups is 1. The fraction of sp³-hybridized carbons (Fsp3) is 0.0952. The molecule has 4 nitrogen and oxygen atoms in total. The van der Waals surface area contributed by atoms with Crippen LogP contribution in [0.3, 0.4) is 0 Å². The molecule has 3 aromatic carbocycles. The zero-order valence-electron chi connectivity index (χ0n) is 14.2. The van der Waals surface area contributed by atoms with E-state index in [1.54, 1.807) is 30.3 Å². The molecule has 0 saturated carbocycles. The Bertz CT molecular complexity index is 916. The zero-order valence-corrected chi connectivity index (χ0v) is 16.6. The van der Waals surface area contributed by atoms with E-state index in [-0.39, 0.29) is 12.5 Å². The number of amides is 1. The molecule has 0 bridgehead atoms. The fourth-order valence-corrected chi connectivity index (χ4v) is 3.00. The fourth-order valence-electron chi connectivity index (χ4n) is 2.55. The van der Waals surface area contributed by atoms with Crippen molar-refractivity contribution in [2.75, 3.05) is 11.9 Å². The Morgan fingerprint density at radius 3 is 2.48 bits per heavy atom. The lowest BCUT2D eigenvalue weighted by atomic mass is 10.00. The van der Waals surface area contributed by atoms with E-state index in [9.17, 15) is 9.90 Å². The summed E-state index contributed by atoms with van der Waals surface area (Å²) in [5, 5.41) is 14.0.